The van der Waals surface area contributed by atoms with Gasteiger partial charge in [-0.25, -0.2) is 0 Å². The normalized spacial score (nSPS) is 17.1. The monoisotopic (exact) mass is 570 g/mol. The van der Waals surface area contributed by atoms with E-state index in [1.807, 2.05) is 51.1 Å². The van der Waals surface area contributed by atoms with E-state index in [4.69, 9.17) is 51.8 Å². The SMILES string of the molecule is CC(C)CC(=O)N[C@H](Oc1ccc(/C=C2\SC(=S)N([C@H](C)c3ccccc3)C2=O)cc1)C(Cl)(Cl)Cl. The summed E-state index contributed by atoms with van der Waals surface area (Å²) in [5.41, 5.74) is 1.79. The molecule has 5 nitrogen and oxygen atoms in total. The Hall–Kier alpha value is -1.77. The van der Waals surface area contributed by atoms with E-state index in [2.05, 4.69) is 5.32 Å². The predicted molar refractivity (Wildman–Crippen MR) is 149 cm³/mol. The molecule has 0 saturated carbocycles. The van der Waals surface area contributed by atoms with Crippen LogP contribution in [0.3, 0.4) is 0 Å². The van der Waals surface area contributed by atoms with Gasteiger partial charge in [0.1, 0.15) is 10.1 Å². The van der Waals surface area contributed by atoms with Crippen molar-refractivity contribution >= 4 is 81.0 Å². The Morgan fingerprint density at radius 1 is 1.11 bits per heavy atom. The molecule has 3 rings (SSSR count). The number of thioether (sulfide) groups is 1. The third-order valence-corrected chi connectivity index (χ3v) is 7.03. The van der Waals surface area contributed by atoms with Gasteiger partial charge in [-0.1, -0.05) is 115 Å². The van der Waals surface area contributed by atoms with Crippen LogP contribution in [0, 0.1) is 5.92 Å². The zero-order valence-electron chi connectivity index (χ0n) is 19.3. The third-order valence-electron chi connectivity index (χ3n) is 5.11. The highest BCUT2D eigenvalue weighted by Crippen LogP contribution is 2.38. The van der Waals surface area contributed by atoms with Gasteiger partial charge in [0.15, 0.2) is 0 Å². The lowest BCUT2D eigenvalue weighted by atomic mass is 10.1. The summed E-state index contributed by atoms with van der Waals surface area (Å²) in [5.74, 6) is 0.128. The fourth-order valence-corrected chi connectivity index (χ4v) is 5.09. The molecule has 35 heavy (non-hydrogen) atoms. The molecule has 10 heteroatoms. The Bertz CT molecular complexity index is 1100. The number of carbonyl (C=O) groups excluding carboxylic acids is 2. The van der Waals surface area contributed by atoms with E-state index in [9.17, 15) is 9.59 Å². The Balaban J connectivity index is 1.71. The maximum absolute atomic E-state index is 13.1. The topological polar surface area (TPSA) is 58.6 Å². The minimum absolute atomic E-state index is 0.138. The van der Waals surface area contributed by atoms with Crippen LogP contribution < -0.4 is 10.1 Å². The van der Waals surface area contributed by atoms with E-state index in [0.717, 1.165) is 11.1 Å². The fourth-order valence-electron chi connectivity index (χ4n) is 3.38. The highest BCUT2D eigenvalue weighted by atomic mass is 35.6. The van der Waals surface area contributed by atoms with Crippen molar-refractivity contribution in [3.63, 3.8) is 0 Å². The number of halogens is 3. The van der Waals surface area contributed by atoms with Crippen molar-refractivity contribution in [2.24, 2.45) is 5.92 Å². The average Bonchev–Trinajstić information content (AvgIpc) is 3.06. The first-order chi connectivity index (χ1) is 16.5. The molecule has 186 valence electrons. The number of carbonyl (C=O) groups is 2. The van der Waals surface area contributed by atoms with Crippen LogP contribution >= 0.6 is 58.8 Å². The van der Waals surface area contributed by atoms with Gasteiger partial charge in [-0.3, -0.25) is 14.5 Å². The first-order valence-electron chi connectivity index (χ1n) is 10.9. The van der Waals surface area contributed by atoms with E-state index >= 15 is 0 Å². The summed E-state index contributed by atoms with van der Waals surface area (Å²) in [5, 5.41) is 2.61. The zero-order valence-corrected chi connectivity index (χ0v) is 23.2. The molecule has 1 heterocycles. The highest BCUT2D eigenvalue weighted by molar-refractivity contribution is 8.26. The number of amides is 2. The van der Waals surface area contributed by atoms with Gasteiger partial charge in [0.2, 0.25) is 15.9 Å². The quantitative estimate of drug-likeness (QED) is 0.162. The first kappa shape index (κ1) is 27.8. The third kappa shape index (κ3) is 7.61. The van der Waals surface area contributed by atoms with Gasteiger partial charge in [-0.05, 0) is 42.2 Å². The van der Waals surface area contributed by atoms with Crippen molar-refractivity contribution in [1.29, 1.82) is 0 Å². The van der Waals surface area contributed by atoms with Crippen LogP contribution in [0.1, 0.15) is 44.4 Å². The Kier molecular flexibility index (Phi) is 9.52. The van der Waals surface area contributed by atoms with Crippen molar-refractivity contribution in [1.82, 2.24) is 10.2 Å². The molecule has 0 aliphatic carbocycles. The van der Waals surface area contributed by atoms with Crippen LogP contribution in [0.5, 0.6) is 5.75 Å². The molecular formula is C25H25Cl3N2O3S2. The maximum Gasteiger partial charge on any atom is 0.266 e. The molecule has 1 aliphatic heterocycles. The molecule has 0 radical (unpaired) electrons. The number of nitrogens with zero attached hydrogens (tertiary/aromatic N) is 1. The lowest BCUT2D eigenvalue weighted by molar-refractivity contribution is -0.124. The van der Waals surface area contributed by atoms with Crippen molar-refractivity contribution in [3.05, 3.63) is 70.6 Å². The Morgan fingerprint density at radius 3 is 2.31 bits per heavy atom. The minimum Gasteiger partial charge on any atom is -0.466 e. The zero-order chi connectivity index (χ0) is 25.8. The molecule has 0 aromatic heterocycles. The molecule has 1 aliphatic rings. The standard InChI is InChI=1S/C25H25Cl3N2O3S2/c1-15(2)13-21(31)29-23(25(26,27)28)33-19-11-9-17(10-12-19)14-20-22(32)30(24(34)35-20)16(3)18-7-5-4-6-8-18/h4-12,14-16,23H,13H2,1-3H3,(H,29,31)/b20-14-/t16-,23-/m1/s1. The minimum atomic E-state index is -1.87. The number of rotatable bonds is 8. The average molecular weight is 572 g/mol. The Labute approximate surface area is 230 Å². The highest BCUT2D eigenvalue weighted by Gasteiger charge is 2.37. The van der Waals surface area contributed by atoms with Gasteiger partial charge in [0, 0.05) is 6.42 Å². The maximum atomic E-state index is 13.1. The fraction of sp³-hybridized carbons (Fsp3) is 0.320. The number of thiocarbonyl (C=S) groups is 1. The van der Waals surface area contributed by atoms with Crippen LogP contribution in [0.15, 0.2) is 59.5 Å². The molecule has 0 bridgehead atoms. The first-order valence-corrected chi connectivity index (χ1v) is 13.3. The largest absolute Gasteiger partial charge is 0.466 e. The molecule has 2 amide bonds. The van der Waals surface area contributed by atoms with Gasteiger partial charge in [-0.15, -0.1) is 0 Å². The number of alkyl halides is 3. The summed E-state index contributed by atoms with van der Waals surface area (Å²) in [4.78, 5) is 27.4. The molecule has 2 aromatic carbocycles. The second-order valence-corrected chi connectivity index (χ2v) is 12.5. The van der Waals surface area contributed by atoms with Crippen molar-refractivity contribution in [2.75, 3.05) is 0 Å². The predicted octanol–water partition coefficient (Wildman–Crippen LogP) is 6.89. The summed E-state index contributed by atoms with van der Waals surface area (Å²) in [7, 11) is 0. The van der Waals surface area contributed by atoms with E-state index in [-0.39, 0.29) is 30.2 Å². The summed E-state index contributed by atoms with van der Waals surface area (Å²) in [6.45, 7) is 5.79. The lowest BCUT2D eigenvalue weighted by Crippen LogP contribution is -2.48. The van der Waals surface area contributed by atoms with Gasteiger partial charge in [0.05, 0.1) is 10.9 Å². The number of hydrogen-bond acceptors (Lipinski definition) is 5. The number of ether oxygens (including phenoxy) is 1. The van der Waals surface area contributed by atoms with Crippen LogP contribution in [0.4, 0.5) is 0 Å². The second kappa shape index (κ2) is 12.0. The molecule has 1 saturated heterocycles. The van der Waals surface area contributed by atoms with Gasteiger partial charge < -0.3 is 10.1 Å². The summed E-state index contributed by atoms with van der Waals surface area (Å²) in [6.07, 6.45) is 0.887. The Morgan fingerprint density at radius 2 is 1.74 bits per heavy atom. The molecule has 1 fully saturated rings. The van der Waals surface area contributed by atoms with Crippen LogP contribution in [0.25, 0.3) is 6.08 Å². The summed E-state index contributed by atoms with van der Waals surface area (Å²) < 4.78 is 4.39. The second-order valence-electron chi connectivity index (χ2n) is 8.41. The van der Waals surface area contributed by atoms with Crippen molar-refractivity contribution in [2.45, 2.75) is 43.3 Å². The van der Waals surface area contributed by atoms with E-state index in [0.29, 0.717) is 15.0 Å². The van der Waals surface area contributed by atoms with Crippen molar-refractivity contribution in [3.8, 4) is 5.75 Å². The summed E-state index contributed by atoms with van der Waals surface area (Å²) >= 11 is 24.8. The molecule has 2 atom stereocenters. The van der Waals surface area contributed by atoms with Crippen LogP contribution in [-0.4, -0.2) is 31.1 Å². The number of benzene rings is 2. The molecule has 1 N–H and O–H groups in total. The van der Waals surface area contributed by atoms with Crippen molar-refractivity contribution < 1.29 is 14.3 Å². The molecule has 0 spiro atoms. The van der Waals surface area contributed by atoms with Gasteiger partial charge >= 0.3 is 0 Å². The molecule has 0 unspecified atom stereocenters. The smallest absolute Gasteiger partial charge is 0.266 e. The van der Waals surface area contributed by atoms with Crippen LogP contribution in [-0.2, 0) is 9.59 Å². The molecular weight excluding hydrogens is 547 g/mol. The lowest BCUT2D eigenvalue weighted by Gasteiger charge is -2.26. The van der Waals surface area contributed by atoms with E-state index in [1.165, 1.54) is 11.8 Å². The molecule has 2 aromatic rings. The van der Waals surface area contributed by atoms with Crippen LogP contribution in [0.2, 0.25) is 0 Å². The van der Waals surface area contributed by atoms with Gasteiger partial charge in [-0.2, -0.15) is 0 Å². The summed E-state index contributed by atoms with van der Waals surface area (Å²) in [6, 6.07) is 16.5. The van der Waals surface area contributed by atoms with Gasteiger partial charge in [0.25, 0.3) is 5.91 Å². The van der Waals surface area contributed by atoms with E-state index < -0.39 is 10.0 Å². The number of nitrogens with one attached hydrogen (secondary N) is 1. The number of hydrogen-bond donors (Lipinski definition) is 1. The van der Waals surface area contributed by atoms with E-state index in [1.54, 1.807) is 35.2 Å².